The molecule has 5 aromatic rings. The molecule has 0 N–H and O–H groups in total. The summed E-state index contributed by atoms with van der Waals surface area (Å²) in [5, 5.41) is 3.19. The Kier molecular flexibility index (Phi) is 8.50. The lowest BCUT2D eigenvalue weighted by Crippen LogP contribution is -2.43. The van der Waals surface area contributed by atoms with Gasteiger partial charge in [0, 0.05) is 29.3 Å². The Morgan fingerprint density at radius 2 is 1.49 bits per heavy atom. The number of ether oxygens (including phenoxy) is 5. The van der Waals surface area contributed by atoms with Gasteiger partial charge in [-0.2, -0.15) is 0 Å². The molecule has 0 radical (unpaired) electrons. The van der Waals surface area contributed by atoms with Crippen molar-refractivity contribution >= 4 is 27.6 Å². The summed E-state index contributed by atoms with van der Waals surface area (Å²) in [4.78, 5) is 21.3. The molecule has 242 valence electrons. The molecule has 0 saturated heterocycles. The number of rotatable bonds is 9. The molecule has 8 nitrogen and oxygen atoms in total. The van der Waals surface area contributed by atoms with E-state index >= 15 is 0 Å². The number of benzene rings is 4. The van der Waals surface area contributed by atoms with Gasteiger partial charge in [0.05, 0.1) is 40.0 Å². The number of carbonyl (C=O) groups is 1. The molecule has 2 aliphatic rings. The first-order valence-electron chi connectivity index (χ1n) is 16.2. The molecule has 7 rings (SSSR count). The Balaban J connectivity index is 1.26. The average Bonchev–Trinajstić information content (AvgIpc) is 3.12. The summed E-state index contributed by atoms with van der Waals surface area (Å²) in [5.41, 5.74) is 6.29. The van der Waals surface area contributed by atoms with Gasteiger partial charge in [-0.3, -0.25) is 9.78 Å². The summed E-state index contributed by atoms with van der Waals surface area (Å²) in [6.45, 7) is 0.481. The van der Waals surface area contributed by atoms with Gasteiger partial charge >= 0.3 is 0 Å². The number of hydrogen-bond acceptors (Lipinski definition) is 7. The summed E-state index contributed by atoms with van der Waals surface area (Å²) < 4.78 is 29.1. The van der Waals surface area contributed by atoms with Crippen molar-refractivity contribution in [3.05, 3.63) is 94.7 Å². The van der Waals surface area contributed by atoms with E-state index in [1.807, 2.05) is 23.1 Å². The molecule has 0 spiro atoms. The molecule has 4 aromatic carbocycles. The van der Waals surface area contributed by atoms with Crippen LogP contribution in [0.25, 0.3) is 21.7 Å². The fraction of sp³-hybridized carbons (Fsp3) is 0.333. The Morgan fingerprint density at radius 3 is 2.30 bits per heavy atom. The average molecular weight is 633 g/mol. The van der Waals surface area contributed by atoms with Gasteiger partial charge in [-0.25, -0.2) is 0 Å². The van der Waals surface area contributed by atoms with E-state index in [0.29, 0.717) is 48.1 Å². The predicted octanol–water partition coefficient (Wildman–Crippen LogP) is 7.05. The molecule has 8 heteroatoms. The van der Waals surface area contributed by atoms with Crippen LogP contribution in [0.4, 0.5) is 0 Å². The molecule has 1 atom stereocenters. The quantitative estimate of drug-likeness (QED) is 0.172. The molecule has 1 aliphatic heterocycles. The van der Waals surface area contributed by atoms with Crippen LogP contribution in [-0.2, 0) is 30.5 Å². The maximum absolute atomic E-state index is 14.3. The number of fused-ring (bicyclic) bond motifs is 4. The molecule has 0 fully saturated rings. The van der Waals surface area contributed by atoms with Crippen LogP contribution in [0.1, 0.15) is 46.8 Å². The summed E-state index contributed by atoms with van der Waals surface area (Å²) in [7, 11) is 6.54. The van der Waals surface area contributed by atoms with Crippen LogP contribution in [0.5, 0.6) is 28.7 Å². The Hall–Kier alpha value is -4.98. The third-order valence-corrected chi connectivity index (χ3v) is 9.67. The summed E-state index contributed by atoms with van der Waals surface area (Å²) in [6, 6.07) is 22.5. The third kappa shape index (κ3) is 5.66. The molecule has 1 aliphatic carbocycles. The van der Waals surface area contributed by atoms with E-state index in [1.165, 1.54) is 16.3 Å². The van der Waals surface area contributed by atoms with Crippen molar-refractivity contribution in [2.24, 2.45) is 0 Å². The largest absolute Gasteiger partial charge is 0.493 e. The van der Waals surface area contributed by atoms with Gasteiger partial charge in [0.25, 0.3) is 5.91 Å². The molecule has 0 bridgehead atoms. The van der Waals surface area contributed by atoms with E-state index < -0.39 is 0 Å². The van der Waals surface area contributed by atoms with Crippen LogP contribution in [-0.4, -0.2) is 57.4 Å². The maximum Gasteiger partial charge on any atom is 0.261 e. The molecule has 1 unspecified atom stereocenters. The van der Waals surface area contributed by atoms with Gasteiger partial charge in [0.2, 0.25) is 0 Å². The molecule has 47 heavy (non-hydrogen) atoms. The van der Waals surface area contributed by atoms with Crippen molar-refractivity contribution in [2.75, 3.05) is 41.6 Å². The van der Waals surface area contributed by atoms with Gasteiger partial charge in [-0.05, 0) is 84.2 Å². The van der Waals surface area contributed by atoms with Crippen LogP contribution < -0.4 is 23.7 Å². The zero-order valence-electron chi connectivity index (χ0n) is 27.4. The lowest BCUT2D eigenvalue weighted by molar-refractivity contribution is -0.136. The standard InChI is InChI=1S/C39H40N2O6/c1-43-34-19-26-16-17-41(33(29(26)20-35(34)44-2)18-25-12-9-11-24-10-5-6-13-27(24)25)38(42)23-47-39-28-14-7-8-15-31(28)40-32-22-37(46-4)36(45-3)21-30(32)39/h5-6,9-13,19-22,33H,7-8,14-18,23H2,1-4H3. The second-order valence-electron chi connectivity index (χ2n) is 12.2. The summed E-state index contributed by atoms with van der Waals surface area (Å²) >= 11 is 0. The number of pyridine rings is 1. The SMILES string of the molecule is COc1cc2c(cc1OC)C(Cc1cccc3ccccc13)N(C(=O)COc1c3c(nc4cc(OC)c(OC)cc14)CCCC3)CC2. The second kappa shape index (κ2) is 13.0. The monoisotopic (exact) mass is 632 g/mol. The number of hydrogen-bond donors (Lipinski definition) is 0. The Bertz CT molecular complexity index is 1960. The van der Waals surface area contributed by atoms with Crippen LogP contribution in [0.3, 0.4) is 0 Å². The van der Waals surface area contributed by atoms with Crippen molar-refractivity contribution in [3.63, 3.8) is 0 Å². The van der Waals surface area contributed by atoms with Crippen LogP contribution in [0.2, 0.25) is 0 Å². The molecule has 1 amide bonds. The minimum absolute atomic E-state index is 0.0642. The molecular weight excluding hydrogens is 592 g/mol. The molecular formula is C39H40N2O6. The van der Waals surface area contributed by atoms with E-state index in [2.05, 4.69) is 48.5 Å². The van der Waals surface area contributed by atoms with E-state index in [4.69, 9.17) is 28.7 Å². The minimum atomic E-state index is -0.215. The summed E-state index contributed by atoms with van der Waals surface area (Å²) in [6.07, 6.45) is 5.23. The maximum atomic E-state index is 14.3. The highest BCUT2D eigenvalue weighted by Gasteiger charge is 2.33. The number of nitrogens with zero attached hydrogens (tertiary/aromatic N) is 2. The van der Waals surface area contributed by atoms with Gasteiger partial charge in [-0.1, -0.05) is 42.5 Å². The number of aryl methyl sites for hydroxylation is 1. The van der Waals surface area contributed by atoms with Crippen LogP contribution in [0, 0.1) is 0 Å². The fourth-order valence-corrected chi connectivity index (χ4v) is 7.32. The normalized spacial score (nSPS) is 15.6. The van der Waals surface area contributed by atoms with E-state index in [9.17, 15) is 4.79 Å². The number of carbonyl (C=O) groups excluding carboxylic acids is 1. The molecule has 1 aromatic heterocycles. The lowest BCUT2D eigenvalue weighted by Gasteiger charge is -2.38. The van der Waals surface area contributed by atoms with E-state index in [0.717, 1.165) is 59.0 Å². The fourth-order valence-electron chi connectivity index (χ4n) is 7.32. The second-order valence-corrected chi connectivity index (χ2v) is 12.2. The zero-order chi connectivity index (χ0) is 32.5. The van der Waals surface area contributed by atoms with Gasteiger partial charge < -0.3 is 28.6 Å². The van der Waals surface area contributed by atoms with Crippen molar-refractivity contribution in [1.29, 1.82) is 0 Å². The van der Waals surface area contributed by atoms with Gasteiger partial charge in [-0.15, -0.1) is 0 Å². The third-order valence-electron chi connectivity index (χ3n) is 9.67. The summed E-state index contributed by atoms with van der Waals surface area (Å²) in [5.74, 6) is 3.21. The van der Waals surface area contributed by atoms with E-state index in [-0.39, 0.29) is 18.6 Å². The van der Waals surface area contributed by atoms with Crippen molar-refractivity contribution in [3.8, 4) is 28.7 Å². The topological polar surface area (TPSA) is 79.4 Å². The number of aromatic nitrogens is 1. The number of amides is 1. The van der Waals surface area contributed by atoms with Crippen LogP contribution >= 0.6 is 0 Å². The lowest BCUT2D eigenvalue weighted by atomic mass is 9.87. The first kappa shape index (κ1) is 30.7. The predicted molar refractivity (Wildman–Crippen MR) is 182 cm³/mol. The highest BCUT2D eigenvalue weighted by molar-refractivity contribution is 5.91. The van der Waals surface area contributed by atoms with Gasteiger partial charge in [0.1, 0.15) is 5.75 Å². The van der Waals surface area contributed by atoms with Crippen LogP contribution in [0.15, 0.2) is 66.7 Å². The molecule has 2 heterocycles. The minimum Gasteiger partial charge on any atom is -0.493 e. The first-order valence-corrected chi connectivity index (χ1v) is 16.2. The Morgan fingerprint density at radius 1 is 0.787 bits per heavy atom. The van der Waals surface area contributed by atoms with Gasteiger partial charge in [0.15, 0.2) is 29.6 Å². The Labute approximate surface area is 275 Å². The van der Waals surface area contributed by atoms with Crippen molar-refractivity contribution < 1.29 is 28.5 Å². The number of methoxy groups -OCH3 is 4. The smallest absolute Gasteiger partial charge is 0.261 e. The van der Waals surface area contributed by atoms with E-state index in [1.54, 1.807) is 28.4 Å². The molecule has 0 saturated carbocycles. The first-order chi connectivity index (χ1) is 23.0. The zero-order valence-corrected chi connectivity index (χ0v) is 27.4. The van der Waals surface area contributed by atoms with Crippen molar-refractivity contribution in [1.82, 2.24) is 9.88 Å². The van der Waals surface area contributed by atoms with Crippen molar-refractivity contribution in [2.45, 2.75) is 44.6 Å². The highest BCUT2D eigenvalue weighted by Crippen LogP contribution is 2.42. The highest BCUT2D eigenvalue weighted by atomic mass is 16.5.